The second-order valence-electron chi connectivity index (χ2n) is 9.42. The summed E-state index contributed by atoms with van der Waals surface area (Å²) in [5, 5.41) is 0. The molecule has 2 aromatic carbocycles. The summed E-state index contributed by atoms with van der Waals surface area (Å²) in [5.74, 6) is 0.344. The third kappa shape index (κ3) is 4.43. The molecule has 0 N–H and O–H groups in total. The van der Waals surface area contributed by atoms with E-state index in [4.69, 9.17) is 4.74 Å². The van der Waals surface area contributed by atoms with E-state index in [1.807, 2.05) is 39.0 Å². The summed E-state index contributed by atoms with van der Waals surface area (Å²) in [4.78, 5) is 0.553. The first kappa shape index (κ1) is 24.2. The van der Waals surface area contributed by atoms with Crippen LogP contribution in [0.5, 0.6) is 5.75 Å². The maximum Gasteiger partial charge on any atom is 0.246 e. The number of piperidine rings is 1. The number of rotatable bonds is 5. The molecule has 0 atom stereocenters. The highest BCUT2D eigenvalue weighted by Gasteiger charge is 2.46. The number of methoxy groups -OCH3 is 1. The quantitative estimate of drug-likeness (QED) is 0.638. The Morgan fingerprint density at radius 1 is 0.758 bits per heavy atom. The number of sulfonamides is 2. The number of ether oxygens (including phenoxy) is 1. The molecule has 0 aliphatic carbocycles. The van der Waals surface area contributed by atoms with Gasteiger partial charge in [0, 0.05) is 26.2 Å². The minimum absolute atomic E-state index is 0.192. The molecule has 0 unspecified atom stereocenters. The first-order valence-electron chi connectivity index (χ1n) is 11.2. The molecule has 2 aliphatic rings. The van der Waals surface area contributed by atoms with Crippen molar-refractivity contribution in [3.63, 3.8) is 0 Å². The molecular formula is C24H32N2O5S2. The van der Waals surface area contributed by atoms with Gasteiger partial charge in [0.05, 0.1) is 12.0 Å². The van der Waals surface area contributed by atoms with Crippen molar-refractivity contribution < 1.29 is 21.6 Å². The van der Waals surface area contributed by atoms with Crippen LogP contribution in [-0.2, 0) is 20.0 Å². The summed E-state index contributed by atoms with van der Waals surface area (Å²) in [6.45, 7) is 7.20. The van der Waals surface area contributed by atoms with Gasteiger partial charge >= 0.3 is 0 Å². The van der Waals surface area contributed by atoms with Crippen LogP contribution >= 0.6 is 0 Å². The summed E-state index contributed by atoms with van der Waals surface area (Å²) < 4.78 is 61.8. The summed E-state index contributed by atoms with van der Waals surface area (Å²) in [6, 6.07) is 10.6. The molecule has 1 spiro atoms. The van der Waals surface area contributed by atoms with Gasteiger partial charge in [-0.1, -0.05) is 18.2 Å². The van der Waals surface area contributed by atoms with Crippen molar-refractivity contribution in [2.45, 2.75) is 49.8 Å². The second kappa shape index (κ2) is 8.69. The number of hydrogen-bond donors (Lipinski definition) is 0. The van der Waals surface area contributed by atoms with Gasteiger partial charge in [0.25, 0.3) is 0 Å². The molecule has 0 aromatic heterocycles. The zero-order valence-corrected chi connectivity index (χ0v) is 21.3. The van der Waals surface area contributed by atoms with Crippen LogP contribution in [0.4, 0.5) is 0 Å². The van der Waals surface area contributed by atoms with Crippen LogP contribution in [0.1, 0.15) is 36.0 Å². The molecule has 180 valence electrons. The summed E-state index contributed by atoms with van der Waals surface area (Å²) >= 11 is 0. The van der Waals surface area contributed by atoms with Crippen molar-refractivity contribution in [2.24, 2.45) is 5.41 Å². The minimum atomic E-state index is -3.70. The van der Waals surface area contributed by atoms with Crippen molar-refractivity contribution in [3.8, 4) is 5.75 Å². The van der Waals surface area contributed by atoms with Crippen LogP contribution in [0.2, 0.25) is 0 Å². The average Bonchev–Trinajstić information content (AvgIpc) is 3.20. The van der Waals surface area contributed by atoms with Crippen LogP contribution in [0.3, 0.4) is 0 Å². The van der Waals surface area contributed by atoms with Gasteiger partial charge < -0.3 is 4.74 Å². The molecule has 4 rings (SSSR count). The lowest BCUT2D eigenvalue weighted by Gasteiger charge is -2.38. The molecule has 2 aliphatic heterocycles. The van der Waals surface area contributed by atoms with Crippen LogP contribution in [0.25, 0.3) is 0 Å². The topological polar surface area (TPSA) is 84.0 Å². The lowest BCUT2D eigenvalue weighted by Crippen LogP contribution is -2.44. The van der Waals surface area contributed by atoms with E-state index in [1.54, 1.807) is 26.8 Å². The standard InChI is InChI=1S/C24H32N2O5S2/c1-18-5-7-20(3)22(15-18)32(27,28)25-12-9-24(10-13-25)11-14-26(17-24)33(29,30)23-16-19(2)6-8-21(23)31-4/h5-8,15-16H,9-14,17H2,1-4H3. The molecule has 7 nitrogen and oxygen atoms in total. The number of hydrogen-bond acceptors (Lipinski definition) is 5. The molecule has 0 bridgehead atoms. The SMILES string of the molecule is COc1ccc(C)cc1S(=O)(=O)N1CCC2(CCN(S(=O)(=O)c3cc(C)ccc3C)CC2)C1. The lowest BCUT2D eigenvalue weighted by molar-refractivity contribution is 0.167. The van der Waals surface area contributed by atoms with Crippen molar-refractivity contribution in [3.05, 3.63) is 53.1 Å². The molecular weight excluding hydrogens is 460 g/mol. The molecule has 0 saturated carbocycles. The molecule has 0 amide bonds. The maximum absolute atomic E-state index is 13.4. The lowest BCUT2D eigenvalue weighted by atomic mass is 9.78. The Bertz CT molecular complexity index is 1260. The van der Waals surface area contributed by atoms with Crippen molar-refractivity contribution in [1.82, 2.24) is 8.61 Å². The Morgan fingerprint density at radius 2 is 1.27 bits per heavy atom. The largest absolute Gasteiger partial charge is 0.495 e. The Morgan fingerprint density at radius 3 is 1.88 bits per heavy atom. The van der Waals surface area contributed by atoms with Crippen LogP contribution < -0.4 is 4.74 Å². The van der Waals surface area contributed by atoms with E-state index in [1.165, 1.54) is 7.11 Å². The van der Waals surface area contributed by atoms with E-state index in [2.05, 4.69) is 0 Å². The fourth-order valence-corrected chi connectivity index (χ4v) is 8.50. The van der Waals surface area contributed by atoms with E-state index in [0.29, 0.717) is 49.7 Å². The fourth-order valence-electron chi connectivity index (χ4n) is 4.96. The Labute approximate surface area is 197 Å². The second-order valence-corrected chi connectivity index (χ2v) is 13.2. The van der Waals surface area contributed by atoms with Crippen molar-refractivity contribution in [2.75, 3.05) is 33.3 Å². The molecule has 2 heterocycles. The Hall–Kier alpha value is -1.94. The molecule has 33 heavy (non-hydrogen) atoms. The van der Waals surface area contributed by atoms with Gasteiger partial charge in [-0.3, -0.25) is 0 Å². The third-order valence-corrected chi connectivity index (χ3v) is 11.0. The van der Waals surface area contributed by atoms with Gasteiger partial charge in [-0.25, -0.2) is 16.8 Å². The Kier molecular flexibility index (Phi) is 6.37. The molecule has 9 heteroatoms. The van der Waals surface area contributed by atoms with Gasteiger partial charge in [-0.2, -0.15) is 8.61 Å². The minimum Gasteiger partial charge on any atom is -0.495 e. The highest BCUT2D eigenvalue weighted by atomic mass is 32.2. The zero-order valence-electron chi connectivity index (χ0n) is 19.7. The first-order valence-corrected chi connectivity index (χ1v) is 14.1. The van der Waals surface area contributed by atoms with Crippen LogP contribution in [-0.4, -0.2) is 58.7 Å². The summed E-state index contributed by atoms with van der Waals surface area (Å²) in [6.07, 6.45) is 2.03. The van der Waals surface area contributed by atoms with E-state index in [9.17, 15) is 16.8 Å². The highest BCUT2D eigenvalue weighted by molar-refractivity contribution is 7.89. The van der Waals surface area contributed by atoms with Gasteiger partial charge in [0.2, 0.25) is 20.0 Å². The smallest absolute Gasteiger partial charge is 0.246 e. The summed E-state index contributed by atoms with van der Waals surface area (Å²) in [5.41, 5.74) is 2.31. The van der Waals surface area contributed by atoms with E-state index in [0.717, 1.165) is 23.1 Å². The van der Waals surface area contributed by atoms with Crippen molar-refractivity contribution >= 4 is 20.0 Å². The first-order chi connectivity index (χ1) is 15.5. The van der Waals surface area contributed by atoms with Gasteiger partial charge in [0.1, 0.15) is 10.6 Å². The predicted octanol–water partition coefficient (Wildman–Crippen LogP) is 3.49. The molecule has 0 radical (unpaired) electrons. The molecule has 2 fully saturated rings. The van der Waals surface area contributed by atoms with E-state index < -0.39 is 20.0 Å². The van der Waals surface area contributed by atoms with Gasteiger partial charge in [-0.05, 0) is 80.3 Å². The third-order valence-electron chi connectivity index (χ3n) is 7.08. The predicted molar refractivity (Wildman–Crippen MR) is 127 cm³/mol. The van der Waals surface area contributed by atoms with Crippen molar-refractivity contribution in [1.29, 1.82) is 0 Å². The monoisotopic (exact) mass is 492 g/mol. The highest BCUT2D eigenvalue weighted by Crippen LogP contribution is 2.44. The Balaban J connectivity index is 1.51. The fraction of sp³-hybridized carbons (Fsp3) is 0.500. The normalized spacial score (nSPS) is 19.8. The van der Waals surface area contributed by atoms with E-state index in [-0.39, 0.29) is 10.3 Å². The molecule has 2 saturated heterocycles. The number of benzene rings is 2. The maximum atomic E-state index is 13.4. The summed E-state index contributed by atoms with van der Waals surface area (Å²) in [7, 11) is -5.80. The van der Waals surface area contributed by atoms with Gasteiger partial charge in [-0.15, -0.1) is 0 Å². The number of nitrogens with zero attached hydrogens (tertiary/aromatic N) is 2. The number of aryl methyl sites for hydroxylation is 3. The van der Waals surface area contributed by atoms with Crippen LogP contribution in [0.15, 0.2) is 46.2 Å². The average molecular weight is 493 g/mol. The zero-order chi connectivity index (χ0) is 24.0. The van der Waals surface area contributed by atoms with Crippen LogP contribution in [0, 0.1) is 26.2 Å². The van der Waals surface area contributed by atoms with Gasteiger partial charge in [0.15, 0.2) is 0 Å². The van der Waals surface area contributed by atoms with E-state index >= 15 is 0 Å². The molecule has 2 aromatic rings.